The molecule has 0 radical (unpaired) electrons. The van der Waals surface area contributed by atoms with Crippen LogP contribution in [0, 0.1) is 0 Å². The van der Waals surface area contributed by atoms with Gasteiger partial charge < -0.3 is 10.1 Å². The second kappa shape index (κ2) is 6.96. The van der Waals surface area contributed by atoms with Crippen LogP contribution in [-0.2, 0) is 16.1 Å². The van der Waals surface area contributed by atoms with Crippen molar-refractivity contribution >= 4 is 28.6 Å². The standard InChI is InChI=1S/C18H15N3O4/c1-25-15(22)11-21-16-13(8-5-9-19-16)10-14(18(21)24)20-17(23)12-6-3-2-4-7-12/h2-10H,11H2,1H3,(H,20,23). The van der Waals surface area contributed by atoms with E-state index in [2.05, 4.69) is 15.0 Å². The van der Waals surface area contributed by atoms with Crippen LogP contribution in [-0.4, -0.2) is 28.5 Å². The Kier molecular flexibility index (Phi) is 4.56. The smallest absolute Gasteiger partial charge is 0.325 e. The SMILES string of the molecule is COC(=O)Cn1c(=O)c(NC(=O)c2ccccc2)cc2cccnc21. The largest absolute Gasteiger partial charge is 0.468 e. The Morgan fingerprint density at radius 3 is 2.64 bits per heavy atom. The number of nitrogens with one attached hydrogen (secondary N) is 1. The number of amides is 1. The van der Waals surface area contributed by atoms with Crippen LogP contribution in [0.4, 0.5) is 5.69 Å². The van der Waals surface area contributed by atoms with Gasteiger partial charge in [0.1, 0.15) is 17.9 Å². The molecule has 0 saturated heterocycles. The Hall–Kier alpha value is -3.48. The van der Waals surface area contributed by atoms with Crippen molar-refractivity contribution in [1.82, 2.24) is 9.55 Å². The Morgan fingerprint density at radius 1 is 1.16 bits per heavy atom. The molecule has 0 aliphatic heterocycles. The fourth-order valence-electron chi connectivity index (χ4n) is 2.42. The van der Waals surface area contributed by atoms with Crippen LogP contribution in [0.5, 0.6) is 0 Å². The zero-order valence-electron chi connectivity index (χ0n) is 13.4. The van der Waals surface area contributed by atoms with Crippen LogP contribution < -0.4 is 10.9 Å². The molecule has 2 aromatic heterocycles. The molecule has 7 nitrogen and oxygen atoms in total. The highest BCUT2D eigenvalue weighted by Crippen LogP contribution is 2.14. The van der Waals surface area contributed by atoms with Gasteiger partial charge in [-0.15, -0.1) is 0 Å². The first kappa shape index (κ1) is 16.4. The molecule has 0 saturated carbocycles. The number of carbonyl (C=O) groups excluding carboxylic acids is 2. The molecular formula is C18H15N3O4. The topological polar surface area (TPSA) is 90.3 Å². The third-order valence-corrected chi connectivity index (χ3v) is 3.65. The molecule has 2 heterocycles. The Balaban J connectivity index is 2.06. The average Bonchev–Trinajstić information content (AvgIpc) is 2.65. The van der Waals surface area contributed by atoms with Crippen molar-refractivity contribution in [2.24, 2.45) is 0 Å². The van der Waals surface area contributed by atoms with E-state index in [9.17, 15) is 14.4 Å². The minimum absolute atomic E-state index is 0.0678. The van der Waals surface area contributed by atoms with Gasteiger partial charge in [0.05, 0.1) is 7.11 Å². The van der Waals surface area contributed by atoms with E-state index in [1.54, 1.807) is 48.5 Å². The molecule has 0 aliphatic carbocycles. The number of hydrogen-bond donors (Lipinski definition) is 1. The maximum absolute atomic E-state index is 12.7. The van der Waals surface area contributed by atoms with Crippen molar-refractivity contribution in [3.63, 3.8) is 0 Å². The zero-order chi connectivity index (χ0) is 17.8. The molecule has 3 aromatic rings. The molecule has 3 rings (SSSR count). The highest BCUT2D eigenvalue weighted by molar-refractivity contribution is 6.04. The third kappa shape index (κ3) is 3.40. The van der Waals surface area contributed by atoms with Crippen molar-refractivity contribution in [3.05, 3.63) is 70.6 Å². The third-order valence-electron chi connectivity index (χ3n) is 3.65. The summed E-state index contributed by atoms with van der Waals surface area (Å²) in [5.41, 5.74) is 0.308. The van der Waals surface area contributed by atoms with Crippen LogP contribution in [0.25, 0.3) is 11.0 Å². The molecule has 0 atom stereocenters. The lowest BCUT2D eigenvalue weighted by Crippen LogP contribution is -2.29. The zero-order valence-corrected chi connectivity index (χ0v) is 13.4. The molecule has 0 aliphatic rings. The summed E-state index contributed by atoms with van der Waals surface area (Å²) >= 11 is 0. The highest BCUT2D eigenvalue weighted by atomic mass is 16.5. The van der Waals surface area contributed by atoms with E-state index in [4.69, 9.17) is 0 Å². The quantitative estimate of drug-likeness (QED) is 0.734. The van der Waals surface area contributed by atoms with Gasteiger partial charge in [-0.1, -0.05) is 18.2 Å². The first-order chi connectivity index (χ1) is 12.1. The average molecular weight is 337 g/mol. The lowest BCUT2D eigenvalue weighted by Gasteiger charge is -2.12. The summed E-state index contributed by atoms with van der Waals surface area (Å²) in [5.74, 6) is -0.994. The fourth-order valence-corrected chi connectivity index (χ4v) is 2.42. The number of fused-ring (bicyclic) bond motifs is 1. The molecule has 7 heteroatoms. The van der Waals surface area contributed by atoms with Gasteiger partial charge >= 0.3 is 5.97 Å². The number of hydrogen-bond acceptors (Lipinski definition) is 5. The van der Waals surface area contributed by atoms with Gasteiger partial charge in [0, 0.05) is 17.1 Å². The number of nitrogens with zero attached hydrogens (tertiary/aromatic N) is 2. The molecule has 0 bridgehead atoms. The number of aromatic nitrogens is 2. The van der Waals surface area contributed by atoms with Crippen LogP contribution >= 0.6 is 0 Å². The summed E-state index contributed by atoms with van der Waals surface area (Å²) < 4.78 is 5.82. The maximum Gasteiger partial charge on any atom is 0.325 e. The molecule has 1 amide bonds. The Bertz CT molecular complexity index is 996. The van der Waals surface area contributed by atoms with Gasteiger partial charge in [-0.2, -0.15) is 0 Å². The van der Waals surface area contributed by atoms with Gasteiger partial charge in [-0.25, -0.2) is 4.98 Å². The van der Waals surface area contributed by atoms with Gasteiger partial charge in [0.25, 0.3) is 11.5 Å². The summed E-state index contributed by atoms with van der Waals surface area (Å²) in [7, 11) is 1.24. The minimum Gasteiger partial charge on any atom is -0.468 e. The predicted molar refractivity (Wildman–Crippen MR) is 92.4 cm³/mol. The lowest BCUT2D eigenvalue weighted by molar-refractivity contribution is -0.141. The van der Waals surface area contributed by atoms with E-state index < -0.39 is 17.4 Å². The van der Waals surface area contributed by atoms with E-state index in [0.29, 0.717) is 16.6 Å². The van der Waals surface area contributed by atoms with E-state index in [-0.39, 0.29) is 12.2 Å². The normalized spacial score (nSPS) is 10.4. The number of pyridine rings is 2. The fraction of sp³-hybridized carbons (Fsp3) is 0.111. The van der Waals surface area contributed by atoms with Gasteiger partial charge in [0.2, 0.25) is 0 Å². The van der Waals surface area contributed by atoms with Crippen LogP contribution in [0.2, 0.25) is 0 Å². The summed E-state index contributed by atoms with van der Waals surface area (Å²) in [6.07, 6.45) is 1.53. The maximum atomic E-state index is 12.7. The second-order valence-corrected chi connectivity index (χ2v) is 5.26. The van der Waals surface area contributed by atoms with Crippen LogP contribution in [0.15, 0.2) is 59.5 Å². The van der Waals surface area contributed by atoms with Crippen molar-refractivity contribution in [2.45, 2.75) is 6.54 Å². The van der Waals surface area contributed by atoms with E-state index in [1.165, 1.54) is 17.9 Å². The van der Waals surface area contributed by atoms with Crippen molar-refractivity contribution in [2.75, 3.05) is 12.4 Å². The van der Waals surface area contributed by atoms with Crippen molar-refractivity contribution in [3.8, 4) is 0 Å². The van der Waals surface area contributed by atoms with Crippen molar-refractivity contribution < 1.29 is 14.3 Å². The molecule has 126 valence electrons. The first-order valence-corrected chi connectivity index (χ1v) is 7.52. The van der Waals surface area contributed by atoms with Gasteiger partial charge in [-0.05, 0) is 30.3 Å². The molecule has 1 aromatic carbocycles. The molecular weight excluding hydrogens is 322 g/mol. The predicted octanol–water partition coefficient (Wildman–Crippen LogP) is 1.82. The molecule has 1 N–H and O–H groups in total. The number of benzene rings is 1. The Morgan fingerprint density at radius 2 is 1.92 bits per heavy atom. The Labute approximate surface area is 142 Å². The summed E-state index contributed by atoms with van der Waals surface area (Å²) in [6, 6.07) is 13.5. The van der Waals surface area contributed by atoms with Crippen LogP contribution in [0.3, 0.4) is 0 Å². The number of esters is 1. The minimum atomic E-state index is -0.583. The van der Waals surface area contributed by atoms with E-state index in [1.807, 2.05) is 0 Å². The monoisotopic (exact) mass is 337 g/mol. The lowest BCUT2D eigenvalue weighted by atomic mass is 10.2. The summed E-state index contributed by atoms with van der Waals surface area (Å²) in [4.78, 5) is 40.8. The molecule has 25 heavy (non-hydrogen) atoms. The molecule has 0 fully saturated rings. The second-order valence-electron chi connectivity index (χ2n) is 5.26. The first-order valence-electron chi connectivity index (χ1n) is 7.52. The van der Waals surface area contributed by atoms with Crippen LogP contribution in [0.1, 0.15) is 10.4 Å². The number of carbonyl (C=O) groups is 2. The van der Waals surface area contributed by atoms with Crippen molar-refractivity contribution in [1.29, 1.82) is 0 Å². The number of rotatable bonds is 4. The van der Waals surface area contributed by atoms with E-state index >= 15 is 0 Å². The molecule has 0 spiro atoms. The molecule has 0 unspecified atom stereocenters. The number of methoxy groups -OCH3 is 1. The summed E-state index contributed by atoms with van der Waals surface area (Å²) in [6.45, 7) is -0.294. The summed E-state index contributed by atoms with van der Waals surface area (Å²) in [5, 5.41) is 3.22. The number of ether oxygens (including phenoxy) is 1. The highest BCUT2D eigenvalue weighted by Gasteiger charge is 2.15. The van der Waals surface area contributed by atoms with Gasteiger partial charge in [0.15, 0.2) is 0 Å². The van der Waals surface area contributed by atoms with Gasteiger partial charge in [-0.3, -0.25) is 19.0 Å². The van der Waals surface area contributed by atoms with E-state index in [0.717, 1.165) is 0 Å². The number of anilines is 1.